The van der Waals surface area contributed by atoms with E-state index in [4.69, 9.17) is 20.5 Å². The predicted octanol–water partition coefficient (Wildman–Crippen LogP) is 1.82. The summed E-state index contributed by atoms with van der Waals surface area (Å²) in [4.78, 5) is 16.9. The Morgan fingerprint density at radius 1 is 1.27 bits per heavy atom. The Kier molecular flexibility index (Phi) is 4.90. The molecule has 132 valence electrons. The number of nitrogens with zero attached hydrogens (tertiary/aromatic N) is 3. The first-order valence-electron chi connectivity index (χ1n) is 7.75. The Bertz CT molecular complexity index is 887. The standard InChI is InChI=1S/C18H16N4O4/c19-8-12-4-6-14(7-5-12)21-18(20)22(10-16(23)24)9-13-2-1-3-15-17(13)26-11-25-15/h1-7H,9-11H2,(H2,20,21)(H,23,24). The van der Waals surface area contributed by atoms with Gasteiger partial charge in [-0.2, -0.15) is 5.26 Å². The molecule has 0 amide bonds. The van der Waals surface area contributed by atoms with Gasteiger partial charge in [0.05, 0.1) is 23.9 Å². The van der Waals surface area contributed by atoms with Crippen LogP contribution in [0.15, 0.2) is 47.5 Å². The van der Waals surface area contributed by atoms with Crippen LogP contribution in [-0.2, 0) is 11.3 Å². The summed E-state index contributed by atoms with van der Waals surface area (Å²) in [6.07, 6.45) is 0. The van der Waals surface area contributed by atoms with Gasteiger partial charge in [0.15, 0.2) is 17.5 Å². The van der Waals surface area contributed by atoms with Gasteiger partial charge in [-0.05, 0) is 30.3 Å². The lowest BCUT2D eigenvalue weighted by Crippen LogP contribution is -2.40. The van der Waals surface area contributed by atoms with Crippen LogP contribution in [0.5, 0.6) is 11.5 Å². The van der Waals surface area contributed by atoms with Gasteiger partial charge >= 0.3 is 5.97 Å². The first-order chi connectivity index (χ1) is 12.6. The summed E-state index contributed by atoms with van der Waals surface area (Å²) in [7, 11) is 0. The molecule has 8 heteroatoms. The Hall–Kier alpha value is -3.73. The van der Waals surface area contributed by atoms with Crippen LogP contribution in [0.3, 0.4) is 0 Å². The van der Waals surface area contributed by atoms with Crippen molar-refractivity contribution in [2.24, 2.45) is 10.7 Å². The van der Waals surface area contributed by atoms with Crippen molar-refractivity contribution in [3.63, 3.8) is 0 Å². The van der Waals surface area contributed by atoms with E-state index in [9.17, 15) is 9.90 Å². The zero-order chi connectivity index (χ0) is 18.5. The van der Waals surface area contributed by atoms with E-state index >= 15 is 0 Å². The molecule has 0 atom stereocenters. The van der Waals surface area contributed by atoms with E-state index in [-0.39, 0.29) is 25.8 Å². The van der Waals surface area contributed by atoms with Crippen molar-refractivity contribution in [3.8, 4) is 17.6 Å². The van der Waals surface area contributed by atoms with E-state index in [0.29, 0.717) is 22.7 Å². The molecule has 0 radical (unpaired) electrons. The minimum absolute atomic E-state index is 0.0497. The van der Waals surface area contributed by atoms with Crippen molar-refractivity contribution in [3.05, 3.63) is 53.6 Å². The second-order valence-electron chi connectivity index (χ2n) is 5.53. The molecule has 0 aromatic heterocycles. The summed E-state index contributed by atoms with van der Waals surface area (Å²) in [6, 6.07) is 13.9. The second kappa shape index (κ2) is 7.44. The molecule has 3 N–H and O–H groups in total. The minimum Gasteiger partial charge on any atom is -0.480 e. The van der Waals surface area contributed by atoms with Gasteiger partial charge in [0.25, 0.3) is 0 Å². The maximum atomic E-state index is 11.2. The number of benzene rings is 2. The molecule has 0 saturated heterocycles. The number of ether oxygens (including phenoxy) is 2. The summed E-state index contributed by atoms with van der Waals surface area (Å²) in [5, 5.41) is 18.0. The lowest BCUT2D eigenvalue weighted by Gasteiger charge is -2.22. The number of para-hydroxylation sites is 1. The van der Waals surface area contributed by atoms with E-state index in [1.807, 2.05) is 12.1 Å². The number of aliphatic carboxylic acids is 1. The van der Waals surface area contributed by atoms with Gasteiger partial charge in [-0.1, -0.05) is 12.1 Å². The maximum Gasteiger partial charge on any atom is 0.323 e. The van der Waals surface area contributed by atoms with Gasteiger partial charge in [0, 0.05) is 5.56 Å². The third kappa shape index (κ3) is 3.84. The smallest absolute Gasteiger partial charge is 0.323 e. The van der Waals surface area contributed by atoms with Crippen LogP contribution < -0.4 is 15.2 Å². The lowest BCUT2D eigenvalue weighted by molar-refractivity contribution is -0.137. The number of fused-ring (bicyclic) bond motifs is 1. The van der Waals surface area contributed by atoms with Gasteiger partial charge < -0.3 is 25.2 Å². The van der Waals surface area contributed by atoms with Crippen LogP contribution in [-0.4, -0.2) is 35.3 Å². The zero-order valence-electron chi connectivity index (χ0n) is 13.8. The molecule has 0 bridgehead atoms. The Labute approximate surface area is 149 Å². The lowest BCUT2D eigenvalue weighted by atomic mass is 10.1. The minimum atomic E-state index is -1.03. The van der Waals surface area contributed by atoms with E-state index in [1.165, 1.54) is 4.90 Å². The molecule has 0 unspecified atom stereocenters. The molecule has 1 aliphatic rings. The fourth-order valence-corrected chi connectivity index (χ4v) is 2.52. The van der Waals surface area contributed by atoms with Crippen molar-refractivity contribution in [1.82, 2.24) is 4.90 Å². The summed E-state index contributed by atoms with van der Waals surface area (Å²) in [6.45, 7) is 0.000668. The quantitative estimate of drug-likeness (QED) is 0.622. The predicted molar refractivity (Wildman–Crippen MR) is 93.1 cm³/mol. The number of carboxylic acids is 1. The summed E-state index contributed by atoms with van der Waals surface area (Å²) >= 11 is 0. The normalized spacial score (nSPS) is 12.5. The van der Waals surface area contributed by atoms with Crippen molar-refractivity contribution in [2.75, 3.05) is 13.3 Å². The van der Waals surface area contributed by atoms with E-state index in [2.05, 4.69) is 4.99 Å². The number of aliphatic imine (C=N–C) groups is 1. The van der Waals surface area contributed by atoms with Crippen LogP contribution in [0.25, 0.3) is 0 Å². The number of guanidine groups is 1. The first-order valence-corrected chi connectivity index (χ1v) is 7.75. The van der Waals surface area contributed by atoms with Crippen molar-refractivity contribution >= 4 is 17.6 Å². The maximum absolute atomic E-state index is 11.2. The van der Waals surface area contributed by atoms with Crippen LogP contribution in [0, 0.1) is 11.3 Å². The second-order valence-corrected chi connectivity index (χ2v) is 5.53. The highest BCUT2D eigenvalue weighted by atomic mass is 16.7. The molecule has 0 aliphatic carbocycles. The average molecular weight is 352 g/mol. The molecule has 2 aromatic rings. The van der Waals surface area contributed by atoms with Crippen molar-refractivity contribution in [2.45, 2.75) is 6.54 Å². The van der Waals surface area contributed by atoms with E-state index < -0.39 is 5.97 Å². The van der Waals surface area contributed by atoms with Gasteiger partial charge in [0.1, 0.15) is 6.54 Å². The molecule has 1 aliphatic heterocycles. The monoisotopic (exact) mass is 352 g/mol. The van der Waals surface area contributed by atoms with Crippen molar-refractivity contribution in [1.29, 1.82) is 5.26 Å². The number of nitriles is 1. The molecular weight excluding hydrogens is 336 g/mol. The molecule has 3 rings (SSSR count). The van der Waals surface area contributed by atoms with Crippen LogP contribution in [0.2, 0.25) is 0 Å². The van der Waals surface area contributed by atoms with Crippen LogP contribution in [0.1, 0.15) is 11.1 Å². The Balaban J connectivity index is 1.85. The number of hydrogen-bond donors (Lipinski definition) is 2. The fraction of sp³-hybridized carbons (Fsp3) is 0.167. The van der Waals surface area contributed by atoms with Crippen molar-refractivity contribution < 1.29 is 19.4 Å². The highest BCUT2D eigenvalue weighted by Gasteiger charge is 2.21. The summed E-state index contributed by atoms with van der Waals surface area (Å²) < 4.78 is 10.8. The van der Waals surface area contributed by atoms with Gasteiger partial charge in [-0.25, -0.2) is 4.99 Å². The average Bonchev–Trinajstić information content (AvgIpc) is 3.11. The molecule has 0 saturated carbocycles. The molecule has 0 fully saturated rings. The number of hydrogen-bond acceptors (Lipinski definition) is 5. The largest absolute Gasteiger partial charge is 0.480 e. The van der Waals surface area contributed by atoms with Crippen LogP contribution >= 0.6 is 0 Å². The number of carboxylic acid groups (broad SMARTS) is 1. The highest BCUT2D eigenvalue weighted by molar-refractivity contribution is 5.84. The number of nitrogens with two attached hydrogens (primary N) is 1. The Morgan fingerprint density at radius 2 is 2.04 bits per heavy atom. The fourth-order valence-electron chi connectivity index (χ4n) is 2.52. The molecule has 2 aromatic carbocycles. The molecule has 0 spiro atoms. The molecular formula is C18H16N4O4. The van der Waals surface area contributed by atoms with Gasteiger partial charge in [0.2, 0.25) is 6.79 Å². The number of rotatable bonds is 5. The van der Waals surface area contributed by atoms with Gasteiger partial charge in [-0.15, -0.1) is 0 Å². The van der Waals surface area contributed by atoms with E-state index in [1.54, 1.807) is 36.4 Å². The van der Waals surface area contributed by atoms with Gasteiger partial charge in [-0.3, -0.25) is 4.79 Å². The molecule has 1 heterocycles. The Morgan fingerprint density at radius 3 is 2.73 bits per heavy atom. The zero-order valence-corrected chi connectivity index (χ0v) is 13.8. The first kappa shape index (κ1) is 17.1. The molecule has 8 nitrogen and oxygen atoms in total. The number of carbonyl (C=O) groups is 1. The van der Waals surface area contributed by atoms with Crippen LogP contribution in [0.4, 0.5) is 5.69 Å². The SMILES string of the molecule is N#Cc1ccc(N=C(N)N(CC(=O)O)Cc2cccc3c2OCO3)cc1. The highest BCUT2D eigenvalue weighted by Crippen LogP contribution is 2.35. The summed E-state index contributed by atoms with van der Waals surface area (Å²) in [5.74, 6) is 0.204. The third-order valence-electron chi connectivity index (χ3n) is 3.73. The topological polar surface area (TPSA) is 121 Å². The van der Waals surface area contributed by atoms with E-state index in [0.717, 1.165) is 5.56 Å². The third-order valence-corrected chi connectivity index (χ3v) is 3.73. The molecule has 26 heavy (non-hydrogen) atoms. The summed E-state index contributed by atoms with van der Waals surface area (Å²) in [5.41, 5.74) is 7.81.